The number of para-hydroxylation sites is 2. The van der Waals surface area contributed by atoms with Crippen LogP contribution in [0.3, 0.4) is 0 Å². The zero-order chi connectivity index (χ0) is 22.1. The number of carbonyl (C=O) groups excluding carboxylic acids is 2. The molecule has 162 valence electrons. The Balaban J connectivity index is 1.50. The number of carbonyl (C=O) groups is 2. The van der Waals surface area contributed by atoms with Crippen molar-refractivity contribution in [2.75, 3.05) is 12.3 Å². The van der Waals surface area contributed by atoms with Crippen molar-refractivity contribution in [3.05, 3.63) is 41.4 Å². The number of aryl methyl sites for hydroxylation is 1. The summed E-state index contributed by atoms with van der Waals surface area (Å²) in [4.78, 5) is 33.1. The molecule has 0 fully saturated rings. The molecule has 10 nitrogen and oxygen atoms in total. The van der Waals surface area contributed by atoms with E-state index in [1.54, 1.807) is 39.0 Å². The Labute approximate surface area is 177 Å². The van der Waals surface area contributed by atoms with Crippen LogP contribution in [0.25, 0.3) is 11.1 Å². The van der Waals surface area contributed by atoms with Gasteiger partial charge in [-0.15, -0.1) is 0 Å². The highest BCUT2D eigenvalue weighted by Gasteiger charge is 2.35. The number of nitrogens with two attached hydrogens (primary N) is 1. The van der Waals surface area contributed by atoms with Crippen LogP contribution >= 0.6 is 0 Å². The van der Waals surface area contributed by atoms with Gasteiger partial charge in [0.25, 0.3) is 0 Å². The predicted octanol–water partition coefficient (Wildman–Crippen LogP) is 2.56. The fraction of sp³-hybridized carbons (Fsp3) is 0.333. The summed E-state index contributed by atoms with van der Waals surface area (Å²) in [5.74, 6) is 0.268. The zero-order valence-corrected chi connectivity index (χ0v) is 17.2. The van der Waals surface area contributed by atoms with Crippen LogP contribution < -0.4 is 15.2 Å². The summed E-state index contributed by atoms with van der Waals surface area (Å²) in [7, 11) is 0. The van der Waals surface area contributed by atoms with E-state index in [-0.39, 0.29) is 41.5 Å². The maximum atomic E-state index is 12.6. The summed E-state index contributed by atoms with van der Waals surface area (Å²) in [6.07, 6.45) is -1.49. The smallest absolute Gasteiger partial charge is 0.351 e. The monoisotopic (exact) mass is 427 g/mol. The van der Waals surface area contributed by atoms with Crippen LogP contribution in [0.4, 0.5) is 5.82 Å². The first-order valence-electron chi connectivity index (χ1n) is 9.70. The molecule has 2 aromatic heterocycles. The molecular formula is C21H21N3O7. The number of ether oxygens (including phenoxy) is 4. The second-order valence-electron chi connectivity index (χ2n) is 6.87. The Morgan fingerprint density at radius 3 is 2.55 bits per heavy atom. The number of nitrogens with zero attached hydrogens (tertiary/aromatic N) is 2. The van der Waals surface area contributed by atoms with Crippen molar-refractivity contribution in [3.63, 3.8) is 0 Å². The number of benzene rings is 1. The third-order valence-corrected chi connectivity index (χ3v) is 4.70. The van der Waals surface area contributed by atoms with Crippen molar-refractivity contribution in [2.24, 2.45) is 0 Å². The maximum absolute atomic E-state index is 12.6. The van der Waals surface area contributed by atoms with Gasteiger partial charge in [0.1, 0.15) is 23.2 Å². The van der Waals surface area contributed by atoms with E-state index in [4.69, 9.17) is 29.1 Å². The topological polar surface area (TPSA) is 136 Å². The molecular weight excluding hydrogens is 406 g/mol. The van der Waals surface area contributed by atoms with Gasteiger partial charge in [0, 0.05) is 0 Å². The number of anilines is 1. The van der Waals surface area contributed by atoms with Crippen molar-refractivity contribution in [1.82, 2.24) is 9.97 Å². The van der Waals surface area contributed by atoms with Crippen LogP contribution in [-0.2, 0) is 20.9 Å². The van der Waals surface area contributed by atoms with Crippen molar-refractivity contribution in [3.8, 4) is 11.5 Å². The molecule has 10 heteroatoms. The first-order chi connectivity index (χ1) is 14.9. The summed E-state index contributed by atoms with van der Waals surface area (Å²) < 4.78 is 27.3. The second-order valence-corrected chi connectivity index (χ2v) is 6.87. The summed E-state index contributed by atoms with van der Waals surface area (Å²) in [5, 5.41) is 0.264. The maximum Gasteiger partial charge on any atom is 0.351 e. The average Bonchev–Trinajstić information content (AvgIpc) is 3.08. The van der Waals surface area contributed by atoms with Gasteiger partial charge < -0.3 is 29.1 Å². The predicted molar refractivity (Wildman–Crippen MR) is 108 cm³/mol. The lowest BCUT2D eigenvalue weighted by Gasteiger charge is -2.30. The number of hydrogen-bond acceptors (Lipinski definition) is 10. The number of fused-ring (bicyclic) bond motifs is 2. The minimum atomic E-state index is -0.947. The van der Waals surface area contributed by atoms with E-state index in [9.17, 15) is 9.59 Å². The van der Waals surface area contributed by atoms with Crippen molar-refractivity contribution >= 4 is 28.9 Å². The fourth-order valence-corrected chi connectivity index (χ4v) is 3.29. The van der Waals surface area contributed by atoms with Gasteiger partial charge in [-0.05, 0) is 32.9 Å². The molecule has 1 aliphatic rings. The largest absolute Gasteiger partial charge is 0.482 e. The molecule has 31 heavy (non-hydrogen) atoms. The van der Waals surface area contributed by atoms with Crippen LogP contribution in [0.5, 0.6) is 11.5 Å². The number of rotatable bonds is 5. The van der Waals surface area contributed by atoms with Gasteiger partial charge in [-0.1, -0.05) is 12.1 Å². The Morgan fingerprint density at radius 1 is 1.13 bits per heavy atom. The molecule has 1 aliphatic heterocycles. The van der Waals surface area contributed by atoms with Gasteiger partial charge >= 0.3 is 11.9 Å². The van der Waals surface area contributed by atoms with E-state index in [1.807, 2.05) is 6.07 Å². The number of furan rings is 1. The molecule has 2 atom stereocenters. The van der Waals surface area contributed by atoms with Gasteiger partial charge in [-0.25, -0.2) is 14.6 Å². The lowest BCUT2D eigenvalue weighted by atomic mass is 10.2. The first kappa shape index (κ1) is 20.5. The quantitative estimate of drug-likeness (QED) is 0.605. The van der Waals surface area contributed by atoms with E-state index < -0.39 is 24.1 Å². The molecule has 2 unspecified atom stereocenters. The average molecular weight is 427 g/mol. The van der Waals surface area contributed by atoms with Crippen molar-refractivity contribution in [1.29, 1.82) is 0 Å². The third-order valence-electron chi connectivity index (χ3n) is 4.70. The third kappa shape index (κ3) is 3.83. The standard InChI is InChI=1S/C21H21N3O7/c1-4-27-20(25)15-10(2)30-19-16(15)18(22)23-14(24-19)9-28-21(26)17-11(3)29-12-7-5-6-8-13(12)31-17/h5-8,11,17H,4,9H2,1-3H3,(H2,22,23,24). The normalized spacial score (nSPS) is 17.4. The summed E-state index contributed by atoms with van der Waals surface area (Å²) >= 11 is 0. The van der Waals surface area contributed by atoms with Crippen LogP contribution in [0.1, 0.15) is 35.8 Å². The molecule has 2 N–H and O–H groups in total. The number of nitrogen functional groups attached to an aromatic ring is 1. The fourth-order valence-electron chi connectivity index (χ4n) is 3.29. The second kappa shape index (κ2) is 8.13. The van der Waals surface area contributed by atoms with E-state index >= 15 is 0 Å². The lowest BCUT2D eigenvalue weighted by molar-refractivity contribution is -0.159. The molecule has 0 radical (unpaired) electrons. The molecule has 0 spiro atoms. The Morgan fingerprint density at radius 2 is 1.84 bits per heavy atom. The molecule has 0 aliphatic carbocycles. The summed E-state index contributed by atoms with van der Waals surface area (Å²) in [6, 6.07) is 7.06. The van der Waals surface area contributed by atoms with E-state index in [2.05, 4.69) is 9.97 Å². The highest BCUT2D eigenvalue weighted by Crippen LogP contribution is 2.34. The van der Waals surface area contributed by atoms with Crippen molar-refractivity contribution < 1.29 is 33.0 Å². The summed E-state index contributed by atoms with van der Waals surface area (Å²) in [6.45, 7) is 4.96. The number of aromatic nitrogens is 2. The Bertz CT molecular complexity index is 1160. The molecule has 4 rings (SSSR count). The summed E-state index contributed by atoms with van der Waals surface area (Å²) in [5.41, 5.74) is 6.31. The molecule has 0 amide bonds. The van der Waals surface area contributed by atoms with Crippen LogP contribution in [0.15, 0.2) is 28.7 Å². The highest BCUT2D eigenvalue weighted by atomic mass is 16.6. The van der Waals surface area contributed by atoms with Gasteiger partial charge in [-0.3, -0.25) is 0 Å². The van der Waals surface area contributed by atoms with E-state index in [0.717, 1.165) is 0 Å². The minimum absolute atomic E-state index is 0.0236. The molecule has 1 aromatic carbocycles. The first-order valence-corrected chi connectivity index (χ1v) is 9.70. The Kier molecular flexibility index (Phi) is 5.37. The van der Waals surface area contributed by atoms with E-state index in [1.165, 1.54) is 0 Å². The van der Waals surface area contributed by atoms with Crippen LogP contribution in [-0.4, -0.2) is 40.7 Å². The minimum Gasteiger partial charge on any atom is -0.482 e. The lowest BCUT2D eigenvalue weighted by Crippen LogP contribution is -2.44. The molecule has 3 heterocycles. The van der Waals surface area contributed by atoms with Crippen molar-refractivity contribution in [2.45, 2.75) is 39.6 Å². The SMILES string of the molecule is CCOC(=O)c1c(C)oc2nc(COC(=O)C3Oc4ccccc4OC3C)nc(N)c12. The van der Waals surface area contributed by atoms with Gasteiger partial charge in [-0.2, -0.15) is 4.98 Å². The Hall–Kier alpha value is -3.82. The van der Waals surface area contributed by atoms with Gasteiger partial charge in [0.05, 0.1) is 12.0 Å². The number of esters is 2. The molecule has 0 bridgehead atoms. The van der Waals surface area contributed by atoms with Crippen LogP contribution in [0, 0.1) is 6.92 Å². The molecule has 0 saturated carbocycles. The van der Waals surface area contributed by atoms with E-state index in [0.29, 0.717) is 17.3 Å². The van der Waals surface area contributed by atoms with Gasteiger partial charge in [0.2, 0.25) is 11.8 Å². The van der Waals surface area contributed by atoms with Crippen LogP contribution in [0.2, 0.25) is 0 Å². The zero-order valence-electron chi connectivity index (χ0n) is 17.2. The molecule has 3 aromatic rings. The molecule has 0 saturated heterocycles. The number of hydrogen-bond donors (Lipinski definition) is 1. The van der Waals surface area contributed by atoms with Gasteiger partial charge in [0.15, 0.2) is 23.9 Å². The highest BCUT2D eigenvalue weighted by molar-refractivity contribution is 6.07.